The van der Waals surface area contributed by atoms with Gasteiger partial charge in [0.2, 0.25) is 5.95 Å². The van der Waals surface area contributed by atoms with E-state index in [0.717, 1.165) is 25.0 Å². The van der Waals surface area contributed by atoms with Crippen LogP contribution < -0.4 is 5.32 Å². The van der Waals surface area contributed by atoms with Crippen molar-refractivity contribution < 1.29 is 0 Å². The van der Waals surface area contributed by atoms with Gasteiger partial charge in [0.05, 0.1) is 5.38 Å². The highest BCUT2D eigenvalue weighted by molar-refractivity contribution is 6.21. The summed E-state index contributed by atoms with van der Waals surface area (Å²) >= 11 is 6.19. The Morgan fingerprint density at radius 3 is 3.14 bits per heavy atom. The van der Waals surface area contributed by atoms with E-state index in [1.165, 1.54) is 12.8 Å². The van der Waals surface area contributed by atoms with Crippen LogP contribution in [-0.4, -0.2) is 21.5 Å². The van der Waals surface area contributed by atoms with Crippen LogP contribution in [0, 0.1) is 5.92 Å². The van der Waals surface area contributed by atoms with Gasteiger partial charge in [0.1, 0.15) is 0 Å². The Kier molecular flexibility index (Phi) is 2.96. The molecule has 2 rings (SSSR count). The van der Waals surface area contributed by atoms with E-state index >= 15 is 0 Å². The Balaban J connectivity index is 1.84. The molecule has 1 aromatic heterocycles. The molecule has 1 fully saturated rings. The first kappa shape index (κ1) is 9.84. The molecule has 1 N–H and O–H groups in total. The van der Waals surface area contributed by atoms with Gasteiger partial charge in [0.15, 0.2) is 0 Å². The van der Waals surface area contributed by atoms with Crippen LogP contribution in [0.3, 0.4) is 0 Å². The van der Waals surface area contributed by atoms with Crippen LogP contribution in [0.1, 0.15) is 19.8 Å². The van der Waals surface area contributed by atoms with Crippen molar-refractivity contribution in [3.63, 3.8) is 0 Å². The highest BCUT2D eigenvalue weighted by Crippen LogP contribution is 2.35. The first-order valence-electron chi connectivity index (χ1n) is 5.20. The van der Waals surface area contributed by atoms with E-state index in [-0.39, 0.29) is 5.38 Å². The maximum absolute atomic E-state index is 6.19. The second kappa shape index (κ2) is 4.22. The summed E-state index contributed by atoms with van der Waals surface area (Å²) in [6.45, 7) is 3.87. The summed E-state index contributed by atoms with van der Waals surface area (Å²) in [7, 11) is 0. The second-order valence-corrected chi connectivity index (χ2v) is 4.33. The lowest BCUT2D eigenvalue weighted by Gasteiger charge is -2.11. The minimum Gasteiger partial charge on any atom is -0.354 e. The third-order valence-corrected chi connectivity index (χ3v) is 3.16. The number of imidazole rings is 1. The van der Waals surface area contributed by atoms with Crippen molar-refractivity contribution in [2.45, 2.75) is 31.7 Å². The normalized spacial score (nSPS) is 18.1. The van der Waals surface area contributed by atoms with Crippen molar-refractivity contribution in [3.8, 4) is 0 Å². The van der Waals surface area contributed by atoms with Gasteiger partial charge in [-0.05, 0) is 25.7 Å². The maximum atomic E-state index is 6.19. The van der Waals surface area contributed by atoms with Crippen LogP contribution in [0.25, 0.3) is 0 Å². The van der Waals surface area contributed by atoms with Crippen molar-refractivity contribution in [2.75, 3.05) is 11.9 Å². The predicted molar refractivity (Wildman–Crippen MR) is 58.8 cm³/mol. The first-order valence-corrected chi connectivity index (χ1v) is 5.64. The van der Waals surface area contributed by atoms with E-state index < -0.39 is 0 Å². The molecule has 0 saturated heterocycles. The van der Waals surface area contributed by atoms with Crippen LogP contribution in [0.2, 0.25) is 0 Å². The molecule has 0 aliphatic heterocycles. The number of aromatic nitrogens is 2. The molecule has 1 saturated carbocycles. The van der Waals surface area contributed by atoms with Gasteiger partial charge in [0.25, 0.3) is 0 Å². The fourth-order valence-electron chi connectivity index (χ4n) is 1.54. The predicted octanol–water partition coefficient (Wildman–Crippen LogP) is 2.33. The Hall–Kier alpha value is -0.700. The average molecular weight is 214 g/mol. The molecular formula is C10H16ClN3. The molecule has 1 aromatic rings. The number of hydrogen-bond donors (Lipinski definition) is 1. The quantitative estimate of drug-likeness (QED) is 0.761. The maximum Gasteiger partial charge on any atom is 0.202 e. The Bertz CT molecular complexity index is 293. The van der Waals surface area contributed by atoms with Gasteiger partial charge in [-0.1, -0.05) is 0 Å². The Morgan fingerprint density at radius 2 is 2.50 bits per heavy atom. The summed E-state index contributed by atoms with van der Waals surface area (Å²) in [5.74, 6) is 1.66. The Morgan fingerprint density at radius 1 is 1.71 bits per heavy atom. The molecule has 1 unspecified atom stereocenters. The number of hydrogen-bond acceptors (Lipinski definition) is 2. The molecule has 14 heavy (non-hydrogen) atoms. The summed E-state index contributed by atoms with van der Waals surface area (Å²) in [5.41, 5.74) is 0. The van der Waals surface area contributed by atoms with E-state index in [4.69, 9.17) is 11.6 Å². The zero-order chi connectivity index (χ0) is 9.97. The summed E-state index contributed by atoms with van der Waals surface area (Å²) in [5, 5.41) is 3.55. The fraction of sp³-hybridized carbons (Fsp3) is 0.700. The standard InChI is InChI=1S/C10H16ClN3/c1-2-14-6-5-12-10(14)13-7-9(11)8-3-4-8/h5-6,8-9H,2-4,7H2,1H3,(H,12,13). The summed E-state index contributed by atoms with van der Waals surface area (Å²) < 4.78 is 2.08. The summed E-state index contributed by atoms with van der Waals surface area (Å²) in [6.07, 6.45) is 6.37. The molecular weight excluding hydrogens is 198 g/mol. The van der Waals surface area contributed by atoms with Gasteiger partial charge in [-0.2, -0.15) is 0 Å². The minimum atomic E-state index is 0.261. The molecule has 0 radical (unpaired) electrons. The van der Waals surface area contributed by atoms with Crippen molar-refractivity contribution in [1.29, 1.82) is 0 Å². The van der Waals surface area contributed by atoms with Crippen molar-refractivity contribution >= 4 is 17.5 Å². The summed E-state index contributed by atoms with van der Waals surface area (Å²) in [4.78, 5) is 4.23. The monoisotopic (exact) mass is 213 g/mol. The summed E-state index contributed by atoms with van der Waals surface area (Å²) in [6, 6.07) is 0. The SMILES string of the molecule is CCn1ccnc1NCC(Cl)C1CC1. The van der Waals surface area contributed by atoms with E-state index in [1.807, 2.05) is 12.4 Å². The lowest BCUT2D eigenvalue weighted by atomic mass is 10.3. The fourth-order valence-corrected chi connectivity index (χ4v) is 1.87. The highest BCUT2D eigenvalue weighted by Gasteiger charge is 2.29. The second-order valence-electron chi connectivity index (χ2n) is 3.77. The molecule has 3 nitrogen and oxygen atoms in total. The zero-order valence-electron chi connectivity index (χ0n) is 8.41. The van der Waals surface area contributed by atoms with Gasteiger partial charge in [-0.3, -0.25) is 0 Å². The average Bonchev–Trinajstić information content (AvgIpc) is 2.94. The third-order valence-electron chi connectivity index (χ3n) is 2.64. The van der Waals surface area contributed by atoms with Gasteiger partial charge in [-0.15, -0.1) is 11.6 Å². The number of aryl methyl sites for hydroxylation is 1. The molecule has 0 spiro atoms. The van der Waals surface area contributed by atoms with Crippen LogP contribution >= 0.6 is 11.6 Å². The van der Waals surface area contributed by atoms with Crippen molar-refractivity contribution in [2.24, 2.45) is 5.92 Å². The van der Waals surface area contributed by atoms with Gasteiger partial charge < -0.3 is 9.88 Å². The van der Waals surface area contributed by atoms with E-state index in [0.29, 0.717) is 0 Å². The van der Waals surface area contributed by atoms with Gasteiger partial charge in [-0.25, -0.2) is 4.98 Å². The van der Waals surface area contributed by atoms with Crippen LogP contribution in [-0.2, 0) is 6.54 Å². The largest absolute Gasteiger partial charge is 0.354 e. The first-order chi connectivity index (χ1) is 6.81. The third kappa shape index (κ3) is 2.21. The molecule has 0 bridgehead atoms. The van der Waals surface area contributed by atoms with Crippen LogP contribution in [0.15, 0.2) is 12.4 Å². The molecule has 1 atom stereocenters. The molecule has 0 aromatic carbocycles. The van der Waals surface area contributed by atoms with Crippen LogP contribution in [0.5, 0.6) is 0 Å². The number of nitrogens with zero attached hydrogens (tertiary/aromatic N) is 2. The van der Waals surface area contributed by atoms with Gasteiger partial charge >= 0.3 is 0 Å². The number of nitrogens with one attached hydrogen (secondary N) is 1. The lowest BCUT2D eigenvalue weighted by molar-refractivity contribution is 0.734. The minimum absolute atomic E-state index is 0.261. The Labute approximate surface area is 89.5 Å². The topological polar surface area (TPSA) is 29.9 Å². The smallest absolute Gasteiger partial charge is 0.202 e. The van der Waals surface area contributed by atoms with Crippen molar-refractivity contribution in [3.05, 3.63) is 12.4 Å². The molecule has 1 heterocycles. The number of halogens is 1. The highest BCUT2D eigenvalue weighted by atomic mass is 35.5. The van der Waals surface area contributed by atoms with Crippen LogP contribution in [0.4, 0.5) is 5.95 Å². The molecule has 78 valence electrons. The number of rotatable bonds is 5. The lowest BCUT2D eigenvalue weighted by Crippen LogP contribution is -2.18. The van der Waals surface area contributed by atoms with E-state index in [1.54, 1.807) is 0 Å². The number of anilines is 1. The zero-order valence-corrected chi connectivity index (χ0v) is 9.17. The molecule has 1 aliphatic rings. The molecule has 4 heteroatoms. The van der Waals surface area contributed by atoms with Gasteiger partial charge in [0, 0.05) is 25.5 Å². The molecule has 1 aliphatic carbocycles. The van der Waals surface area contributed by atoms with E-state index in [9.17, 15) is 0 Å². The van der Waals surface area contributed by atoms with E-state index in [2.05, 4.69) is 21.8 Å². The molecule has 0 amide bonds. The number of alkyl halides is 1. The van der Waals surface area contributed by atoms with Crippen molar-refractivity contribution in [1.82, 2.24) is 9.55 Å².